The van der Waals surface area contributed by atoms with Crippen molar-refractivity contribution in [1.82, 2.24) is 15.5 Å². The number of anilines is 1. The molecule has 8 heteroatoms. The first-order valence-corrected chi connectivity index (χ1v) is 10.4. The van der Waals surface area contributed by atoms with Crippen molar-refractivity contribution in [3.63, 3.8) is 0 Å². The number of nitrogens with zero attached hydrogens (tertiary/aromatic N) is 2. The van der Waals surface area contributed by atoms with Crippen LogP contribution in [0, 0.1) is 11.8 Å². The molecule has 0 bridgehead atoms. The Kier molecular flexibility index (Phi) is 6.70. The molecule has 1 aromatic heterocycles. The molecule has 134 valence electrons. The second kappa shape index (κ2) is 8.98. The van der Waals surface area contributed by atoms with Crippen LogP contribution < -0.4 is 10.6 Å². The van der Waals surface area contributed by atoms with E-state index in [0.29, 0.717) is 23.3 Å². The van der Waals surface area contributed by atoms with Gasteiger partial charge in [0.25, 0.3) is 0 Å². The van der Waals surface area contributed by atoms with Gasteiger partial charge >= 0.3 is 0 Å². The molecule has 1 atom stereocenters. The number of aromatic nitrogens is 2. The van der Waals surface area contributed by atoms with E-state index in [2.05, 4.69) is 27.8 Å². The number of rotatable bonds is 6. The Morgan fingerprint density at radius 1 is 1.48 bits per heavy atom. The highest BCUT2D eigenvalue weighted by Gasteiger charge is 2.22. The number of halogens is 1. The lowest BCUT2D eigenvalue weighted by molar-refractivity contribution is -0.117. The van der Waals surface area contributed by atoms with Crippen LogP contribution in [0.3, 0.4) is 0 Å². The molecule has 0 saturated carbocycles. The van der Waals surface area contributed by atoms with Crippen molar-refractivity contribution in [2.45, 2.75) is 35.4 Å². The first kappa shape index (κ1) is 18.6. The van der Waals surface area contributed by atoms with Gasteiger partial charge in [-0.25, -0.2) is 0 Å². The Labute approximate surface area is 161 Å². The number of nitrogens with one attached hydrogen (secondary N) is 2. The van der Waals surface area contributed by atoms with Crippen molar-refractivity contribution >= 4 is 46.3 Å². The molecule has 1 fully saturated rings. The summed E-state index contributed by atoms with van der Waals surface area (Å²) in [5, 5.41) is 14.7. The lowest BCUT2D eigenvalue weighted by Crippen LogP contribution is -2.32. The molecule has 1 aromatic carbocycles. The fourth-order valence-electron chi connectivity index (χ4n) is 3.05. The molecule has 2 N–H and O–H groups in total. The molecular weight excluding hydrogens is 376 g/mol. The first-order valence-electron chi connectivity index (χ1n) is 8.36. The number of carbonyl (C=O) groups excluding carboxylic acids is 1. The molecule has 5 nitrogen and oxygen atoms in total. The van der Waals surface area contributed by atoms with Crippen LogP contribution in [-0.2, 0) is 4.79 Å². The van der Waals surface area contributed by atoms with Crippen LogP contribution in [0.4, 0.5) is 5.69 Å². The van der Waals surface area contributed by atoms with Gasteiger partial charge < -0.3 is 10.6 Å². The zero-order valence-corrected chi connectivity index (χ0v) is 16.4. The third-order valence-electron chi connectivity index (χ3n) is 4.45. The summed E-state index contributed by atoms with van der Waals surface area (Å²) in [4.78, 5) is 13.2. The average molecular weight is 397 g/mol. The van der Waals surface area contributed by atoms with Gasteiger partial charge in [-0.3, -0.25) is 4.79 Å². The van der Waals surface area contributed by atoms with Gasteiger partial charge in [-0.1, -0.05) is 41.6 Å². The van der Waals surface area contributed by atoms with E-state index in [1.54, 1.807) is 11.6 Å². The van der Waals surface area contributed by atoms with Gasteiger partial charge in [0.2, 0.25) is 5.91 Å². The van der Waals surface area contributed by atoms with Gasteiger partial charge in [0.1, 0.15) is 5.51 Å². The average Bonchev–Trinajstić information content (AvgIpc) is 3.11. The molecule has 1 aliphatic heterocycles. The highest BCUT2D eigenvalue weighted by Crippen LogP contribution is 2.35. The number of amides is 1. The Morgan fingerprint density at radius 3 is 2.96 bits per heavy atom. The zero-order chi connectivity index (χ0) is 17.6. The van der Waals surface area contributed by atoms with Crippen LogP contribution in [0.25, 0.3) is 0 Å². The van der Waals surface area contributed by atoms with Crippen LogP contribution in [0.1, 0.15) is 26.2 Å². The minimum Gasteiger partial charge on any atom is -0.326 e. The normalized spacial score (nSPS) is 16.6. The Bertz CT molecular complexity index is 705. The second-order valence-electron chi connectivity index (χ2n) is 6.27. The topological polar surface area (TPSA) is 66.9 Å². The Hall–Kier alpha value is -1.15. The molecule has 3 rings (SSSR count). The SMILES string of the molecule is CC(CC(=O)Nc1ccc(Sc2nncs2)c(Cl)c1)C1CCNCC1. The predicted molar refractivity (Wildman–Crippen MR) is 103 cm³/mol. The van der Waals surface area contributed by atoms with Crippen molar-refractivity contribution in [3.05, 3.63) is 28.7 Å². The number of hydrogen-bond acceptors (Lipinski definition) is 6. The van der Waals surface area contributed by atoms with Crippen molar-refractivity contribution in [2.75, 3.05) is 18.4 Å². The maximum absolute atomic E-state index is 12.3. The van der Waals surface area contributed by atoms with Gasteiger partial charge in [-0.15, -0.1) is 10.2 Å². The number of piperidine rings is 1. The van der Waals surface area contributed by atoms with Gasteiger partial charge in [0.15, 0.2) is 4.34 Å². The molecule has 0 aliphatic carbocycles. The summed E-state index contributed by atoms with van der Waals surface area (Å²) < 4.78 is 0.842. The number of benzene rings is 1. The van der Waals surface area contributed by atoms with Crippen molar-refractivity contribution in [1.29, 1.82) is 0 Å². The predicted octanol–water partition coefficient (Wildman–Crippen LogP) is 4.31. The first-order chi connectivity index (χ1) is 12.1. The standard InChI is InChI=1S/C17H21ClN4OS2/c1-11(12-4-6-19-7-5-12)8-16(23)21-13-2-3-15(14(18)9-13)25-17-22-20-10-24-17/h2-3,9-12,19H,4-8H2,1H3,(H,21,23). The maximum atomic E-state index is 12.3. The van der Waals surface area contributed by atoms with E-state index in [9.17, 15) is 4.79 Å². The molecule has 1 aliphatic rings. The molecule has 1 saturated heterocycles. The summed E-state index contributed by atoms with van der Waals surface area (Å²) in [6, 6.07) is 5.57. The minimum absolute atomic E-state index is 0.0478. The molecule has 25 heavy (non-hydrogen) atoms. The summed E-state index contributed by atoms with van der Waals surface area (Å²) in [5.74, 6) is 1.07. The van der Waals surface area contributed by atoms with Gasteiger partial charge in [-0.2, -0.15) is 0 Å². The summed E-state index contributed by atoms with van der Waals surface area (Å²) in [5.41, 5.74) is 2.42. The fourth-order valence-corrected chi connectivity index (χ4v) is 4.78. The largest absolute Gasteiger partial charge is 0.326 e. The Morgan fingerprint density at radius 2 is 2.28 bits per heavy atom. The number of hydrogen-bond donors (Lipinski definition) is 2. The highest BCUT2D eigenvalue weighted by atomic mass is 35.5. The van der Waals surface area contributed by atoms with Crippen molar-refractivity contribution in [3.8, 4) is 0 Å². The zero-order valence-electron chi connectivity index (χ0n) is 14.0. The summed E-state index contributed by atoms with van der Waals surface area (Å²) in [6.45, 7) is 4.28. The van der Waals surface area contributed by atoms with Crippen LogP contribution in [-0.4, -0.2) is 29.2 Å². The second-order valence-corrected chi connectivity index (χ2v) is 8.80. The van der Waals surface area contributed by atoms with E-state index in [1.165, 1.54) is 23.1 Å². The fraction of sp³-hybridized carbons (Fsp3) is 0.471. The monoisotopic (exact) mass is 396 g/mol. The van der Waals surface area contributed by atoms with E-state index in [1.807, 2.05) is 12.1 Å². The van der Waals surface area contributed by atoms with Crippen LogP contribution in [0.15, 0.2) is 32.9 Å². The third-order valence-corrected chi connectivity index (χ3v) is 6.73. The quantitative estimate of drug-likeness (QED) is 0.761. The van der Waals surface area contributed by atoms with Crippen LogP contribution >= 0.6 is 34.7 Å². The lowest BCUT2D eigenvalue weighted by atomic mass is 9.84. The van der Waals surface area contributed by atoms with Crippen LogP contribution in [0.2, 0.25) is 5.02 Å². The van der Waals surface area contributed by atoms with E-state index < -0.39 is 0 Å². The molecule has 2 aromatic rings. The molecular formula is C17H21ClN4OS2. The third kappa shape index (κ3) is 5.41. The summed E-state index contributed by atoms with van der Waals surface area (Å²) in [6.07, 6.45) is 2.85. The molecule has 1 unspecified atom stereocenters. The molecule has 0 spiro atoms. The molecule has 0 radical (unpaired) electrons. The van der Waals surface area contributed by atoms with Crippen molar-refractivity contribution < 1.29 is 4.79 Å². The van der Waals surface area contributed by atoms with Gasteiger partial charge in [-0.05, 0) is 56.0 Å². The lowest BCUT2D eigenvalue weighted by Gasteiger charge is -2.27. The molecule has 2 heterocycles. The van der Waals surface area contributed by atoms with Gasteiger partial charge in [0, 0.05) is 17.0 Å². The summed E-state index contributed by atoms with van der Waals surface area (Å²) in [7, 11) is 0. The number of carbonyl (C=O) groups is 1. The summed E-state index contributed by atoms with van der Waals surface area (Å²) >= 11 is 9.28. The van der Waals surface area contributed by atoms with Gasteiger partial charge in [0.05, 0.1) is 5.02 Å². The molecule has 1 amide bonds. The van der Waals surface area contributed by atoms with E-state index in [-0.39, 0.29) is 5.91 Å². The maximum Gasteiger partial charge on any atom is 0.224 e. The Balaban J connectivity index is 1.55. The van der Waals surface area contributed by atoms with E-state index in [4.69, 9.17) is 11.6 Å². The minimum atomic E-state index is 0.0478. The highest BCUT2D eigenvalue weighted by molar-refractivity contribution is 8.01. The van der Waals surface area contributed by atoms with Crippen LogP contribution in [0.5, 0.6) is 0 Å². The smallest absolute Gasteiger partial charge is 0.224 e. The van der Waals surface area contributed by atoms with Crippen molar-refractivity contribution in [2.24, 2.45) is 11.8 Å². The van der Waals surface area contributed by atoms with E-state index in [0.717, 1.165) is 40.9 Å². The van der Waals surface area contributed by atoms with E-state index >= 15 is 0 Å².